The third kappa shape index (κ3) is 8.32. The summed E-state index contributed by atoms with van der Waals surface area (Å²) in [6, 6.07) is 7.46. The highest BCUT2D eigenvalue weighted by molar-refractivity contribution is 5.89. The highest BCUT2D eigenvalue weighted by Gasteiger charge is 2.03. The van der Waals surface area contributed by atoms with Crippen molar-refractivity contribution in [3.05, 3.63) is 29.8 Å². The normalized spacial score (nSPS) is 10.7. The van der Waals surface area contributed by atoms with Gasteiger partial charge >= 0.3 is 6.03 Å². The van der Waals surface area contributed by atoms with Crippen LogP contribution in [0.1, 0.15) is 26.3 Å². The van der Waals surface area contributed by atoms with Crippen LogP contribution in [0.3, 0.4) is 0 Å². The minimum absolute atomic E-state index is 0.182. The number of hydrogen-bond donors (Lipinski definition) is 2. The average Bonchev–Trinajstić information content (AvgIpc) is 2.45. The highest BCUT2D eigenvalue weighted by atomic mass is 16.5. The molecule has 118 valence electrons. The molecule has 1 aromatic rings. The summed E-state index contributed by atoms with van der Waals surface area (Å²) in [5.41, 5.74) is 1.79. The van der Waals surface area contributed by atoms with Crippen molar-refractivity contribution in [1.29, 1.82) is 0 Å². The summed E-state index contributed by atoms with van der Waals surface area (Å²) < 4.78 is 10.7. The van der Waals surface area contributed by atoms with Gasteiger partial charge in [0.15, 0.2) is 0 Å². The molecule has 0 heterocycles. The number of nitrogens with one attached hydrogen (secondary N) is 2. The number of benzene rings is 1. The van der Waals surface area contributed by atoms with E-state index in [2.05, 4.69) is 24.5 Å². The van der Waals surface area contributed by atoms with Crippen LogP contribution in [0.5, 0.6) is 0 Å². The van der Waals surface area contributed by atoms with Crippen LogP contribution >= 0.6 is 0 Å². The zero-order valence-electron chi connectivity index (χ0n) is 13.1. The Morgan fingerprint density at radius 3 is 2.71 bits per heavy atom. The largest absolute Gasteiger partial charge is 0.379 e. The molecule has 0 saturated carbocycles. The van der Waals surface area contributed by atoms with Crippen LogP contribution in [-0.4, -0.2) is 32.4 Å². The molecule has 0 fully saturated rings. The number of carbonyl (C=O) groups is 1. The number of ether oxygens (including phenoxy) is 2. The molecule has 0 unspecified atom stereocenters. The van der Waals surface area contributed by atoms with Gasteiger partial charge < -0.3 is 20.1 Å². The van der Waals surface area contributed by atoms with Gasteiger partial charge in [0.25, 0.3) is 0 Å². The minimum Gasteiger partial charge on any atom is -0.379 e. The van der Waals surface area contributed by atoms with E-state index in [-0.39, 0.29) is 6.03 Å². The first-order valence-corrected chi connectivity index (χ1v) is 7.41. The predicted octanol–water partition coefficient (Wildman–Crippen LogP) is 3.02. The molecule has 0 radical (unpaired) electrons. The fourth-order valence-electron chi connectivity index (χ4n) is 1.66. The van der Waals surface area contributed by atoms with Gasteiger partial charge in [-0.15, -0.1) is 0 Å². The van der Waals surface area contributed by atoms with Crippen LogP contribution in [-0.2, 0) is 16.1 Å². The monoisotopic (exact) mass is 294 g/mol. The molecule has 5 nitrogen and oxygen atoms in total. The van der Waals surface area contributed by atoms with Gasteiger partial charge in [0, 0.05) is 18.8 Å². The van der Waals surface area contributed by atoms with Gasteiger partial charge in [-0.25, -0.2) is 4.79 Å². The summed E-state index contributed by atoms with van der Waals surface area (Å²) in [7, 11) is 0. The van der Waals surface area contributed by atoms with Crippen molar-refractivity contribution in [1.82, 2.24) is 5.32 Å². The third-order valence-corrected chi connectivity index (χ3v) is 2.70. The van der Waals surface area contributed by atoms with E-state index in [0.29, 0.717) is 38.9 Å². The van der Waals surface area contributed by atoms with Crippen molar-refractivity contribution in [3.63, 3.8) is 0 Å². The maximum Gasteiger partial charge on any atom is 0.319 e. The van der Waals surface area contributed by atoms with E-state index in [1.807, 2.05) is 31.2 Å². The van der Waals surface area contributed by atoms with Crippen molar-refractivity contribution in [2.75, 3.05) is 31.7 Å². The van der Waals surface area contributed by atoms with Crippen molar-refractivity contribution in [2.24, 2.45) is 5.92 Å². The molecule has 1 aromatic carbocycles. The fourth-order valence-corrected chi connectivity index (χ4v) is 1.66. The summed E-state index contributed by atoms with van der Waals surface area (Å²) in [4.78, 5) is 11.7. The second-order valence-corrected chi connectivity index (χ2v) is 5.18. The lowest BCUT2D eigenvalue weighted by atomic mass is 10.2. The fraction of sp³-hybridized carbons (Fsp3) is 0.562. The maximum absolute atomic E-state index is 11.7. The number of rotatable bonds is 9. The second kappa shape index (κ2) is 10.2. The Morgan fingerprint density at radius 1 is 1.24 bits per heavy atom. The molecule has 0 bridgehead atoms. The Bertz CT molecular complexity index is 422. The Labute approximate surface area is 127 Å². The molecule has 0 spiro atoms. The molecule has 0 aromatic heterocycles. The smallest absolute Gasteiger partial charge is 0.319 e. The van der Waals surface area contributed by atoms with Crippen LogP contribution in [0.25, 0.3) is 0 Å². The summed E-state index contributed by atoms with van der Waals surface area (Å²) in [6.45, 7) is 9.11. The number of urea groups is 1. The SMILES string of the molecule is CCOCCOCc1cccc(NC(=O)NCC(C)C)c1. The summed E-state index contributed by atoms with van der Waals surface area (Å²) >= 11 is 0. The van der Waals surface area contributed by atoms with E-state index in [4.69, 9.17) is 9.47 Å². The van der Waals surface area contributed by atoms with Gasteiger partial charge in [-0.1, -0.05) is 26.0 Å². The lowest BCUT2D eigenvalue weighted by Crippen LogP contribution is -2.31. The van der Waals surface area contributed by atoms with Crippen LogP contribution in [0.15, 0.2) is 24.3 Å². The standard InChI is InChI=1S/C16H26N2O3/c1-4-20-8-9-21-12-14-6-5-7-15(10-14)18-16(19)17-11-13(2)3/h5-7,10,13H,4,8-9,11-12H2,1-3H3,(H2,17,18,19). The Balaban J connectivity index is 2.36. The van der Waals surface area contributed by atoms with Crippen molar-refractivity contribution >= 4 is 11.7 Å². The van der Waals surface area contributed by atoms with Crippen LogP contribution < -0.4 is 10.6 Å². The van der Waals surface area contributed by atoms with Crippen LogP contribution in [0.2, 0.25) is 0 Å². The predicted molar refractivity (Wildman–Crippen MR) is 84.5 cm³/mol. The lowest BCUT2D eigenvalue weighted by Gasteiger charge is -2.10. The molecular formula is C16H26N2O3. The summed E-state index contributed by atoms with van der Waals surface area (Å²) in [6.07, 6.45) is 0. The first-order chi connectivity index (χ1) is 10.1. The molecule has 2 amide bonds. The van der Waals surface area contributed by atoms with Gasteiger partial charge in [-0.05, 0) is 30.5 Å². The maximum atomic E-state index is 11.7. The third-order valence-electron chi connectivity index (χ3n) is 2.70. The molecule has 0 atom stereocenters. The van der Waals surface area contributed by atoms with Gasteiger partial charge in [0.05, 0.1) is 19.8 Å². The Hall–Kier alpha value is -1.59. The molecule has 2 N–H and O–H groups in total. The number of anilines is 1. The molecule has 0 aliphatic heterocycles. The van der Waals surface area contributed by atoms with E-state index in [1.54, 1.807) is 0 Å². The van der Waals surface area contributed by atoms with Gasteiger partial charge in [0.1, 0.15) is 0 Å². The number of hydrogen-bond acceptors (Lipinski definition) is 3. The van der Waals surface area contributed by atoms with Crippen molar-refractivity contribution in [2.45, 2.75) is 27.4 Å². The van der Waals surface area contributed by atoms with E-state index in [9.17, 15) is 4.79 Å². The van der Waals surface area contributed by atoms with E-state index < -0.39 is 0 Å². The van der Waals surface area contributed by atoms with E-state index in [0.717, 1.165) is 11.3 Å². The second-order valence-electron chi connectivity index (χ2n) is 5.18. The molecule has 0 aliphatic rings. The van der Waals surface area contributed by atoms with Gasteiger partial charge in [0.2, 0.25) is 0 Å². The Kier molecular flexibility index (Phi) is 8.47. The number of amides is 2. The highest BCUT2D eigenvalue weighted by Crippen LogP contribution is 2.11. The molecule has 1 rings (SSSR count). The molecule has 21 heavy (non-hydrogen) atoms. The Morgan fingerprint density at radius 2 is 2.00 bits per heavy atom. The van der Waals surface area contributed by atoms with Gasteiger partial charge in [-0.3, -0.25) is 0 Å². The molecular weight excluding hydrogens is 268 g/mol. The average molecular weight is 294 g/mol. The number of carbonyl (C=O) groups excluding carboxylic acids is 1. The summed E-state index contributed by atoms with van der Waals surface area (Å²) in [5, 5.41) is 5.64. The minimum atomic E-state index is -0.182. The van der Waals surface area contributed by atoms with Crippen LogP contribution in [0.4, 0.5) is 10.5 Å². The van der Waals surface area contributed by atoms with Crippen LogP contribution in [0, 0.1) is 5.92 Å². The lowest BCUT2D eigenvalue weighted by molar-refractivity contribution is 0.0453. The van der Waals surface area contributed by atoms with Crippen molar-refractivity contribution in [3.8, 4) is 0 Å². The molecule has 5 heteroatoms. The summed E-state index contributed by atoms with van der Waals surface area (Å²) in [5.74, 6) is 0.431. The van der Waals surface area contributed by atoms with Gasteiger partial charge in [-0.2, -0.15) is 0 Å². The zero-order valence-corrected chi connectivity index (χ0v) is 13.1. The van der Waals surface area contributed by atoms with E-state index in [1.165, 1.54) is 0 Å². The molecule has 0 aliphatic carbocycles. The first kappa shape index (κ1) is 17.5. The topological polar surface area (TPSA) is 59.6 Å². The quantitative estimate of drug-likeness (QED) is 0.688. The first-order valence-electron chi connectivity index (χ1n) is 7.41. The van der Waals surface area contributed by atoms with Crippen molar-refractivity contribution < 1.29 is 14.3 Å². The van der Waals surface area contributed by atoms with E-state index >= 15 is 0 Å². The molecule has 0 saturated heterocycles. The zero-order chi connectivity index (χ0) is 15.5.